The molecular formula is C58H59N4OPt-. The van der Waals surface area contributed by atoms with Crippen molar-refractivity contribution in [2.75, 3.05) is 0 Å². The van der Waals surface area contributed by atoms with Crippen LogP contribution in [0.25, 0.3) is 78.1 Å². The number of aromatic hydroxyl groups is 1. The van der Waals surface area contributed by atoms with Gasteiger partial charge in [-0.05, 0) is 80.8 Å². The zero-order chi connectivity index (χ0) is 44.8. The first-order chi connectivity index (χ1) is 29.7. The van der Waals surface area contributed by atoms with Crippen LogP contribution in [0.2, 0.25) is 0 Å². The van der Waals surface area contributed by atoms with E-state index in [2.05, 4.69) is 226 Å². The van der Waals surface area contributed by atoms with E-state index < -0.39 is 0 Å². The van der Waals surface area contributed by atoms with Gasteiger partial charge in [0.05, 0.1) is 33.5 Å². The molecule has 0 atom stereocenters. The van der Waals surface area contributed by atoms with Crippen LogP contribution in [0.5, 0.6) is 5.75 Å². The van der Waals surface area contributed by atoms with E-state index in [1.54, 1.807) is 0 Å². The SMILES string of the molecule is CC(C)(C)c1cc[c-]c(-n2c3ccccc3c3ccc(-c4cccc5c4nc(-c4cc(C(C)(C)C)cc(C(C)(C)C)c4O)n5-c4ccc(C(C)(C)C)cc4-c4ccccc4)nc32)c1.[Pt]. The second-order valence-electron chi connectivity index (χ2n) is 21.3. The largest absolute Gasteiger partial charge is 0.507 e. The van der Waals surface area contributed by atoms with E-state index in [0.29, 0.717) is 11.4 Å². The van der Waals surface area contributed by atoms with Gasteiger partial charge in [-0.2, -0.15) is 23.8 Å². The van der Waals surface area contributed by atoms with Crippen molar-refractivity contribution in [2.45, 2.75) is 105 Å². The number of nitrogens with zero attached hydrogens (tertiary/aromatic N) is 4. The topological polar surface area (TPSA) is 55.9 Å². The average molecular weight is 1020 g/mol. The van der Waals surface area contributed by atoms with Crippen molar-refractivity contribution in [3.8, 4) is 50.9 Å². The molecule has 5 nitrogen and oxygen atoms in total. The van der Waals surface area contributed by atoms with Gasteiger partial charge in [0.2, 0.25) is 0 Å². The van der Waals surface area contributed by atoms with Gasteiger partial charge in [0.15, 0.2) is 0 Å². The van der Waals surface area contributed by atoms with Gasteiger partial charge in [0.1, 0.15) is 17.2 Å². The number of hydrogen-bond donors (Lipinski definition) is 1. The zero-order valence-corrected chi connectivity index (χ0v) is 41.5. The predicted octanol–water partition coefficient (Wildman–Crippen LogP) is 15.2. The average Bonchev–Trinajstić information content (AvgIpc) is 3.78. The molecule has 0 aliphatic heterocycles. The molecule has 1 N–H and O–H groups in total. The van der Waals surface area contributed by atoms with Crippen LogP contribution in [-0.4, -0.2) is 24.2 Å². The molecule has 0 bridgehead atoms. The Hall–Kier alpha value is -5.77. The third-order valence-corrected chi connectivity index (χ3v) is 12.6. The second kappa shape index (κ2) is 16.0. The van der Waals surface area contributed by atoms with E-state index in [9.17, 15) is 5.11 Å². The molecule has 6 heteroatoms. The molecule has 0 unspecified atom stereocenters. The Morgan fingerprint density at radius 2 is 1.14 bits per heavy atom. The molecule has 0 radical (unpaired) electrons. The molecule has 64 heavy (non-hydrogen) atoms. The molecule has 328 valence electrons. The van der Waals surface area contributed by atoms with Gasteiger partial charge in [-0.15, -0.1) is 6.07 Å². The Labute approximate surface area is 393 Å². The van der Waals surface area contributed by atoms with Crippen LogP contribution in [0.3, 0.4) is 0 Å². The molecular weight excluding hydrogens is 964 g/mol. The first kappa shape index (κ1) is 44.8. The standard InChI is InChI=1S/C58H59N4O.Pt/c1-55(2,3)37-22-18-23-40(32-37)61-48-26-17-16-24-41(48)42-29-30-47(59-53(42)61)43-25-19-27-50-51(43)60-54(45-34-39(57(7,8)9)35-46(52(45)63)58(10,11)12)62(50)49-31-28-38(56(4,5)6)33-44(49)36-20-14-13-15-21-36;/h13-22,24-35,63H,1-12H3;/q-1;. The molecule has 6 aromatic carbocycles. The maximum Gasteiger partial charge on any atom is 0.149 e. The van der Waals surface area contributed by atoms with Gasteiger partial charge in [-0.1, -0.05) is 162 Å². The summed E-state index contributed by atoms with van der Waals surface area (Å²) >= 11 is 0. The summed E-state index contributed by atoms with van der Waals surface area (Å²) in [5.41, 5.74) is 14.1. The number of phenolic OH excluding ortho intramolecular Hbond substituents is 1. The fourth-order valence-electron chi connectivity index (χ4n) is 8.87. The van der Waals surface area contributed by atoms with Gasteiger partial charge >= 0.3 is 0 Å². The molecule has 9 aromatic rings. The Morgan fingerprint density at radius 1 is 0.500 bits per heavy atom. The van der Waals surface area contributed by atoms with Crippen molar-refractivity contribution in [2.24, 2.45) is 0 Å². The monoisotopic (exact) mass is 1020 g/mol. The summed E-state index contributed by atoms with van der Waals surface area (Å²) in [5, 5.41) is 14.7. The summed E-state index contributed by atoms with van der Waals surface area (Å²) in [5.74, 6) is 0.926. The number of pyridine rings is 1. The Morgan fingerprint density at radius 3 is 1.83 bits per heavy atom. The maximum absolute atomic E-state index is 12.5. The van der Waals surface area contributed by atoms with Crippen molar-refractivity contribution < 1.29 is 26.2 Å². The second-order valence-corrected chi connectivity index (χ2v) is 21.3. The van der Waals surface area contributed by atoms with E-state index in [-0.39, 0.29) is 48.5 Å². The first-order valence-electron chi connectivity index (χ1n) is 22.2. The predicted molar refractivity (Wildman–Crippen MR) is 265 cm³/mol. The number of benzene rings is 6. The van der Waals surface area contributed by atoms with E-state index in [1.807, 2.05) is 6.07 Å². The summed E-state index contributed by atoms with van der Waals surface area (Å²) in [4.78, 5) is 11.2. The number of rotatable bonds is 5. The Kier molecular flexibility index (Phi) is 11.2. The molecule has 0 aliphatic carbocycles. The molecule has 0 aliphatic rings. The van der Waals surface area contributed by atoms with Crippen LogP contribution < -0.4 is 0 Å². The number of hydrogen-bond acceptors (Lipinski definition) is 3. The van der Waals surface area contributed by atoms with Gasteiger partial charge in [-0.3, -0.25) is 4.57 Å². The molecule has 0 saturated carbocycles. The van der Waals surface area contributed by atoms with Crippen LogP contribution in [0.4, 0.5) is 0 Å². The molecule has 3 heterocycles. The van der Waals surface area contributed by atoms with E-state index in [1.165, 1.54) is 11.1 Å². The first-order valence-corrected chi connectivity index (χ1v) is 22.2. The smallest absolute Gasteiger partial charge is 0.149 e. The van der Waals surface area contributed by atoms with Crippen LogP contribution in [0, 0.1) is 6.07 Å². The van der Waals surface area contributed by atoms with Crippen LogP contribution in [-0.2, 0) is 42.7 Å². The third kappa shape index (κ3) is 7.91. The number of para-hydroxylation sites is 2. The summed E-state index contributed by atoms with van der Waals surface area (Å²) in [6.07, 6.45) is 0. The van der Waals surface area contributed by atoms with E-state index in [0.717, 1.165) is 77.9 Å². The maximum atomic E-state index is 12.5. The molecule has 0 saturated heterocycles. The van der Waals surface area contributed by atoms with E-state index in [4.69, 9.17) is 9.97 Å². The summed E-state index contributed by atoms with van der Waals surface area (Å²) in [6.45, 7) is 26.7. The number of aromatic nitrogens is 4. The summed E-state index contributed by atoms with van der Waals surface area (Å²) in [6, 6.07) is 51.0. The van der Waals surface area contributed by atoms with Crippen molar-refractivity contribution in [1.82, 2.24) is 19.1 Å². The van der Waals surface area contributed by atoms with E-state index >= 15 is 0 Å². The quantitative estimate of drug-likeness (QED) is 0.175. The van der Waals surface area contributed by atoms with Crippen LogP contribution in [0.15, 0.2) is 133 Å². The fraction of sp³-hybridized carbons (Fsp3) is 0.276. The normalized spacial score (nSPS) is 12.6. The van der Waals surface area contributed by atoms with Gasteiger partial charge in [0.25, 0.3) is 0 Å². The number of phenols is 1. The Balaban J connectivity index is 0.00000560. The summed E-state index contributed by atoms with van der Waals surface area (Å²) < 4.78 is 4.52. The number of imidazole rings is 1. The van der Waals surface area contributed by atoms with Crippen LogP contribution in [0.1, 0.15) is 105 Å². The number of fused-ring (bicyclic) bond motifs is 4. The zero-order valence-electron chi connectivity index (χ0n) is 39.3. The molecule has 0 amide bonds. The van der Waals surface area contributed by atoms with Gasteiger partial charge < -0.3 is 9.67 Å². The Bertz CT molecular complexity index is 3220. The minimum Gasteiger partial charge on any atom is -0.507 e. The molecule has 0 spiro atoms. The minimum absolute atomic E-state index is 0. The van der Waals surface area contributed by atoms with Crippen molar-refractivity contribution in [3.63, 3.8) is 0 Å². The van der Waals surface area contributed by atoms with Gasteiger partial charge in [-0.25, -0.2) is 9.97 Å². The van der Waals surface area contributed by atoms with Crippen molar-refractivity contribution >= 4 is 33.0 Å². The summed E-state index contributed by atoms with van der Waals surface area (Å²) in [7, 11) is 0. The van der Waals surface area contributed by atoms with Crippen LogP contribution >= 0.6 is 0 Å². The third-order valence-electron chi connectivity index (χ3n) is 12.6. The van der Waals surface area contributed by atoms with Crippen molar-refractivity contribution in [3.05, 3.63) is 162 Å². The molecule has 3 aromatic heterocycles. The van der Waals surface area contributed by atoms with Gasteiger partial charge in [0, 0.05) is 48.5 Å². The molecule has 9 rings (SSSR count). The minimum atomic E-state index is -0.326. The molecule has 0 fully saturated rings. The fourth-order valence-corrected chi connectivity index (χ4v) is 8.87. The van der Waals surface area contributed by atoms with Crippen molar-refractivity contribution in [1.29, 1.82) is 0 Å².